The van der Waals surface area contributed by atoms with E-state index in [9.17, 15) is 14.7 Å². The normalized spacial score (nSPS) is 23.6. The summed E-state index contributed by atoms with van der Waals surface area (Å²) in [6.45, 7) is 2.65. The van der Waals surface area contributed by atoms with Crippen molar-refractivity contribution in [1.29, 1.82) is 0 Å². The molecule has 7 heteroatoms. The van der Waals surface area contributed by atoms with Gasteiger partial charge in [-0.25, -0.2) is 0 Å². The summed E-state index contributed by atoms with van der Waals surface area (Å²) in [7, 11) is 1.63. The number of carbonyl (C=O) groups excluding carboxylic acids is 2. The molecule has 7 nitrogen and oxygen atoms in total. The number of carbonyl (C=O) groups is 2. The highest BCUT2D eigenvalue weighted by Crippen LogP contribution is 2.47. The molecule has 0 spiro atoms. The summed E-state index contributed by atoms with van der Waals surface area (Å²) in [5.41, 5.74) is 2.23. The van der Waals surface area contributed by atoms with E-state index in [-0.39, 0.29) is 35.2 Å². The van der Waals surface area contributed by atoms with E-state index in [0.29, 0.717) is 30.9 Å². The van der Waals surface area contributed by atoms with Crippen LogP contribution in [-0.4, -0.2) is 48.1 Å². The average Bonchev–Trinajstić information content (AvgIpc) is 3.16. The van der Waals surface area contributed by atoms with Crippen molar-refractivity contribution in [2.45, 2.75) is 51.2 Å². The van der Waals surface area contributed by atoms with Gasteiger partial charge in [-0.2, -0.15) is 0 Å². The maximum Gasteiger partial charge on any atom is 0.290 e. The molecular formula is C28H31NO6. The highest BCUT2D eigenvalue weighted by Gasteiger charge is 2.51. The number of methoxy groups -OCH3 is 1. The van der Waals surface area contributed by atoms with Crippen LogP contribution in [0.4, 0.5) is 0 Å². The Morgan fingerprint density at radius 2 is 1.86 bits per heavy atom. The first-order valence-corrected chi connectivity index (χ1v) is 12.4. The molecule has 1 saturated carbocycles. The molecular weight excluding hydrogens is 446 g/mol. The van der Waals surface area contributed by atoms with E-state index in [1.165, 1.54) is 0 Å². The van der Waals surface area contributed by atoms with Gasteiger partial charge >= 0.3 is 0 Å². The summed E-state index contributed by atoms with van der Waals surface area (Å²) in [5, 5.41) is 10.2. The Labute approximate surface area is 205 Å². The molecule has 3 atom stereocenters. The van der Waals surface area contributed by atoms with Crippen LogP contribution in [0.1, 0.15) is 49.8 Å². The molecule has 1 fully saturated rings. The van der Waals surface area contributed by atoms with Crippen LogP contribution in [0.3, 0.4) is 0 Å². The van der Waals surface area contributed by atoms with Gasteiger partial charge in [0.15, 0.2) is 23.0 Å². The third-order valence-corrected chi connectivity index (χ3v) is 7.26. The SMILES string of the molecule is CCOc1cc(C2C3=C(OC4CCCCC4C3=O)C(=O)N2CCc2ccc(OC)cc2)ccc1O. The molecule has 0 saturated heterocycles. The third-order valence-electron chi connectivity index (χ3n) is 7.26. The van der Waals surface area contributed by atoms with E-state index in [1.807, 2.05) is 31.2 Å². The maximum absolute atomic E-state index is 13.7. The molecule has 2 aromatic rings. The van der Waals surface area contributed by atoms with Crippen LogP contribution in [0, 0.1) is 5.92 Å². The molecule has 0 aromatic heterocycles. The summed E-state index contributed by atoms with van der Waals surface area (Å²) >= 11 is 0. The van der Waals surface area contributed by atoms with Gasteiger partial charge in [-0.1, -0.05) is 24.6 Å². The maximum atomic E-state index is 13.7. The molecule has 0 radical (unpaired) electrons. The third kappa shape index (κ3) is 4.24. The first-order valence-electron chi connectivity index (χ1n) is 12.4. The van der Waals surface area contributed by atoms with E-state index in [2.05, 4.69) is 0 Å². The van der Waals surface area contributed by atoms with Crippen molar-refractivity contribution in [1.82, 2.24) is 4.90 Å². The monoisotopic (exact) mass is 477 g/mol. The fourth-order valence-electron chi connectivity index (χ4n) is 5.48. The Balaban J connectivity index is 1.51. The van der Waals surface area contributed by atoms with Gasteiger partial charge in [-0.3, -0.25) is 9.59 Å². The molecule has 3 unspecified atom stereocenters. The Kier molecular flexibility index (Phi) is 6.41. The number of ketones is 1. The number of hydrogen-bond donors (Lipinski definition) is 1. The van der Waals surface area contributed by atoms with Gasteiger partial charge in [0.2, 0.25) is 0 Å². The van der Waals surface area contributed by atoms with Crippen molar-refractivity contribution in [2.24, 2.45) is 5.92 Å². The second kappa shape index (κ2) is 9.64. The number of phenolic OH excluding ortho intramolecular Hbond substituents is 1. The highest BCUT2D eigenvalue weighted by atomic mass is 16.5. The fraction of sp³-hybridized carbons (Fsp3) is 0.429. The van der Waals surface area contributed by atoms with Crippen molar-refractivity contribution in [3.63, 3.8) is 0 Å². The minimum absolute atomic E-state index is 0.0206. The molecule has 184 valence electrons. The summed E-state index contributed by atoms with van der Waals surface area (Å²) in [5.74, 6) is 0.898. The molecule has 1 amide bonds. The lowest BCUT2D eigenvalue weighted by molar-refractivity contribution is -0.135. The minimum atomic E-state index is -0.578. The Morgan fingerprint density at radius 1 is 1.09 bits per heavy atom. The first kappa shape index (κ1) is 23.3. The van der Waals surface area contributed by atoms with Gasteiger partial charge in [0.1, 0.15) is 11.9 Å². The van der Waals surface area contributed by atoms with Crippen LogP contribution < -0.4 is 9.47 Å². The molecule has 2 aromatic carbocycles. The van der Waals surface area contributed by atoms with Gasteiger partial charge in [0, 0.05) is 6.54 Å². The Hall–Kier alpha value is -3.48. The molecule has 0 bridgehead atoms. The zero-order valence-electron chi connectivity index (χ0n) is 20.2. The van der Waals surface area contributed by atoms with Crippen molar-refractivity contribution in [2.75, 3.05) is 20.3 Å². The topological polar surface area (TPSA) is 85.3 Å². The van der Waals surface area contributed by atoms with E-state index in [4.69, 9.17) is 14.2 Å². The number of Topliss-reactive ketones (excluding diaryl/α,β-unsaturated/α-hetero) is 1. The quantitative estimate of drug-likeness (QED) is 0.639. The van der Waals surface area contributed by atoms with Crippen molar-refractivity contribution in [3.8, 4) is 17.2 Å². The average molecular weight is 478 g/mol. The van der Waals surface area contributed by atoms with E-state index < -0.39 is 6.04 Å². The van der Waals surface area contributed by atoms with Gasteiger partial charge in [0.25, 0.3) is 5.91 Å². The highest BCUT2D eigenvalue weighted by molar-refractivity contribution is 6.11. The second-order valence-corrected chi connectivity index (χ2v) is 9.31. The van der Waals surface area contributed by atoms with Gasteiger partial charge < -0.3 is 24.2 Å². The van der Waals surface area contributed by atoms with Gasteiger partial charge in [0.05, 0.1) is 31.2 Å². The van der Waals surface area contributed by atoms with E-state index in [0.717, 1.165) is 42.6 Å². The lowest BCUT2D eigenvalue weighted by atomic mass is 9.77. The molecule has 2 aliphatic heterocycles. The number of phenols is 1. The van der Waals surface area contributed by atoms with Crippen molar-refractivity contribution in [3.05, 3.63) is 64.9 Å². The Bertz CT molecular complexity index is 1150. The lowest BCUT2D eigenvalue weighted by Crippen LogP contribution is -2.39. The van der Waals surface area contributed by atoms with Crippen LogP contribution in [-0.2, 0) is 20.7 Å². The number of rotatable bonds is 7. The predicted octanol–water partition coefficient (Wildman–Crippen LogP) is 4.34. The van der Waals surface area contributed by atoms with Crippen LogP contribution in [0.25, 0.3) is 0 Å². The molecule has 5 rings (SSSR count). The van der Waals surface area contributed by atoms with Crippen LogP contribution in [0.15, 0.2) is 53.8 Å². The summed E-state index contributed by atoms with van der Waals surface area (Å²) in [6, 6.07) is 12.2. The van der Waals surface area contributed by atoms with Gasteiger partial charge in [-0.05, 0) is 68.0 Å². The van der Waals surface area contributed by atoms with E-state index in [1.54, 1.807) is 30.2 Å². The molecule has 1 aliphatic carbocycles. The molecule has 3 aliphatic rings. The standard InChI is InChI=1S/C28H31NO6/c1-3-34-23-16-18(10-13-21(23)30)25-24-26(31)20-6-4-5-7-22(20)35-27(24)28(32)29(25)15-14-17-8-11-19(33-2)12-9-17/h8-13,16,20,22,25,30H,3-7,14-15H2,1-2H3. The number of nitrogens with zero attached hydrogens (tertiary/aromatic N) is 1. The fourth-order valence-corrected chi connectivity index (χ4v) is 5.48. The number of ether oxygens (including phenoxy) is 3. The largest absolute Gasteiger partial charge is 0.504 e. The van der Waals surface area contributed by atoms with Crippen LogP contribution >= 0.6 is 0 Å². The molecule has 2 heterocycles. The zero-order chi connectivity index (χ0) is 24.5. The minimum Gasteiger partial charge on any atom is -0.504 e. The summed E-state index contributed by atoms with van der Waals surface area (Å²) < 4.78 is 17.1. The number of amides is 1. The molecule has 1 N–H and O–H groups in total. The van der Waals surface area contributed by atoms with E-state index >= 15 is 0 Å². The first-order chi connectivity index (χ1) is 17.0. The number of fused-ring (bicyclic) bond motifs is 1. The number of hydrogen-bond acceptors (Lipinski definition) is 6. The summed E-state index contributed by atoms with van der Waals surface area (Å²) in [4.78, 5) is 29.1. The zero-order valence-corrected chi connectivity index (χ0v) is 20.2. The molecule has 35 heavy (non-hydrogen) atoms. The van der Waals surface area contributed by atoms with Crippen LogP contribution in [0.2, 0.25) is 0 Å². The van der Waals surface area contributed by atoms with Crippen molar-refractivity contribution >= 4 is 11.7 Å². The van der Waals surface area contributed by atoms with Crippen LogP contribution in [0.5, 0.6) is 17.2 Å². The smallest absolute Gasteiger partial charge is 0.290 e. The predicted molar refractivity (Wildman–Crippen MR) is 129 cm³/mol. The van der Waals surface area contributed by atoms with Gasteiger partial charge in [-0.15, -0.1) is 0 Å². The lowest BCUT2D eigenvalue weighted by Gasteiger charge is -2.35. The Morgan fingerprint density at radius 3 is 2.60 bits per heavy atom. The summed E-state index contributed by atoms with van der Waals surface area (Å²) in [6.07, 6.45) is 3.97. The second-order valence-electron chi connectivity index (χ2n) is 9.31. The number of benzene rings is 2. The van der Waals surface area contributed by atoms with Crippen molar-refractivity contribution < 1.29 is 28.9 Å². The number of aromatic hydroxyl groups is 1.